The van der Waals surface area contributed by atoms with E-state index in [1.54, 1.807) is 0 Å². The molecule has 0 spiro atoms. The van der Waals surface area contributed by atoms with E-state index in [9.17, 15) is 0 Å². The number of rotatable bonds is 6. The van der Waals surface area contributed by atoms with Crippen LogP contribution in [-0.4, -0.2) is 56.3 Å². The summed E-state index contributed by atoms with van der Waals surface area (Å²) in [5.41, 5.74) is 1.13. The van der Waals surface area contributed by atoms with Gasteiger partial charge in [0, 0.05) is 38.2 Å². The molecule has 144 valence electrons. The minimum Gasteiger partial charge on any atom is -0.373 e. The van der Waals surface area contributed by atoms with Crippen molar-refractivity contribution >= 4 is 17.6 Å². The van der Waals surface area contributed by atoms with Crippen LogP contribution in [0.1, 0.15) is 38.3 Å². The van der Waals surface area contributed by atoms with Crippen molar-refractivity contribution in [3.05, 3.63) is 34.9 Å². The number of benzene rings is 1. The molecular formula is C20H31ClN4O. The van der Waals surface area contributed by atoms with Crippen LogP contribution in [0.2, 0.25) is 5.02 Å². The molecule has 1 atom stereocenters. The topological polar surface area (TPSA) is 48.9 Å². The summed E-state index contributed by atoms with van der Waals surface area (Å²) in [6.07, 6.45) is 2.67. The van der Waals surface area contributed by atoms with Crippen molar-refractivity contribution in [3.8, 4) is 0 Å². The zero-order chi connectivity index (χ0) is 18.6. The van der Waals surface area contributed by atoms with Crippen LogP contribution in [-0.2, 0) is 4.74 Å². The van der Waals surface area contributed by atoms with Crippen molar-refractivity contribution < 1.29 is 4.74 Å². The van der Waals surface area contributed by atoms with E-state index in [1.165, 1.54) is 18.4 Å². The largest absolute Gasteiger partial charge is 0.373 e. The molecule has 0 bridgehead atoms. The van der Waals surface area contributed by atoms with Crippen LogP contribution in [0.5, 0.6) is 0 Å². The third-order valence-electron chi connectivity index (χ3n) is 5.09. The van der Waals surface area contributed by atoms with Crippen molar-refractivity contribution in [1.82, 2.24) is 15.5 Å². The van der Waals surface area contributed by atoms with Crippen molar-refractivity contribution in [2.75, 3.05) is 39.8 Å². The van der Waals surface area contributed by atoms with Gasteiger partial charge < -0.3 is 15.4 Å². The molecule has 1 saturated heterocycles. The summed E-state index contributed by atoms with van der Waals surface area (Å²) in [7, 11) is 1.83. The highest BCUT2D eigenvalue weighted by molar-refractivity contribution is 6.30. The highest BCUT2D eigenvalue weighted by Gasteiger charge is 2.32. The normalized spacial score (nSPS) is 22.1. The lowest BCUT2D eigenvalue weighted by molar-refractivity contribution is -0.0971. The van der Waals surface area contributed by atoms with E-state index in [0.29, 0.717) is 0 Å². The van der Waals surface area contributed by atoms with E-state index in [1.807, 2.05) is 19.2 Å². The standard InChI is InChI=1S/C20H31ClN4O/c1-20(2)14-25(10-11-26-20)18(16-6-8-17(21)9-7-16)13-24-19(22-3)23-12-15-4-5-15/h6-9,15,18H,4-5,10-14H2,1-3H3,(H2,22,23,24). The first-order valence-corrected chi connectivity index (χ1v) is 9.92. The number of guanidine groups is 1. The van der Waals surface area contributed by atoms with Crippen LogP contribution in [0, 0.1) is 5.92 Å². The molecule has 2 N–H and O–H groups in total. The molecule has 1 aliphatic heterocycles. The summed E-state index contributed by atoms with van der Waals surface area (Å²) in [6.45, 7) is 8.69. The number of halogens is 1. The third-order valence-corrected chi connectivity index (χ3v) is 5.34. The zero-order valence-electron chi connectivity index (χ0n) is 16.1. The van der Waals surface area contributed by atoms with Gasteiger partial charge in [0.05, 0.1) is 18.2 Å². The lowest BCUT2D eigenvalue weighted by Crippen LogP contribution is -2.52. The molecule has 1 aromatic rings. The first kappa shape index (κ1) is 19.5. The average molecular weight is 379 g/mol. The second-order valence-corrected chi connectivity index (χ2v) is 8.36. The lowest BCUT2D eigenvalue weighted by atomic mass is 10.0. The fourth-order valence-corrected chi connectivity index (χ4v) is 3.56. The molecule has 2 aliphatic rings. The summed E-state index contributed by atoms with van der Waals surface area (Å²) in [6, 6.07) is 8.43. The fraction of sp³-hybridized carbons (Fsp3) is 0.650. The Kier molecular flexibility index (Phi) is 6.43. The van der Waals surface area contributed by atoms with Gasteiger partial charge in [-0.2, -0.15) is 0 Å². The van der Waals surface area contributed by atoms with Gasteiger partial charge in [0.1, 0.15) is 0 Å². The summed E-state index contributed by atoms with van der Waals surface area (Å²) < 4.78 is 5.90. The minimum atomic E-state index is -0.130. The number of aliphatic imine (C=N–C) groups is 1. The highest BCUT2D eigenvalue weighted by Crippen LogP contribution is 2.28. The van der Waals surface area contributed by atoms with Gasteiger partial charge >= 0.3 is 0 Å². The Bertz CT molecular complexity index is 613. The van der Waals surface area contributed by atoms with E-state index in [4.69, 9.17) is 16.3 Å². The van der Waals surface area contributed by atoms with E-state index < -0.39 is 0 Å². The van der Waals surface area contributed by atoms with Gasteiger partial charge in [-0.1, -0.05) is 23.7 Å². The van der Waals surface area contributed by atoms with E-state index in [-0.39, 0.29) is 11.6 Å². The molecule has 0 amide bonds. The van der Waals surface area contributed by atoms with Crippen LogP contribution in [0.4, 0.5) is 0 Å². The van der Waals surface area contributed by atoms with Gasteiger partial charge in [-0.25, -0.2) is 0 Å². The van der Waals surface area contributed by atoms with Crippen LogP contribution < -0.4 is 10.6 Å². The number of hydrogen-bond donors (Lipinski definition) is 2. The molecule has 1 unspecified atom stereocenters. The Hall–Kier alpha value is -1.30. The monoisotopic (exact) mass is 378 g/mol. The SMILES string of the molecule is CN=C(NCC1CC1)NCC(c1ccc(Cl)cc1)N1CCOC(C)(C)C1. The number of nitrogens with zero attached hydrogens (tertiary/aromatic N) is 2. The first-order chi connectivity index (χ1) is 12.5. The van der Waals surface area contributed by atoms with Crippen LogP contribution in [0.25, 0.3) is 0 Å². The average Bonchev–Trinajstić information content (AvgIpc) is 3.43. The summed E-state index contributed by atoms with van der Waals surface area (Å²) in [5.74, 6) is 1.70. The van der Waals surface area contributed by atoms with Crippen LogP contribution >= 0.6 is 11.6 Å². The maximum atomic E-state index is 6.10. The maximum absolute atomic E-state index is 6.10. The first-order valence-electron chi connectivity index (χ1n) is 9.55. The molecule has 6 heteroatoms. The van der Waals surface area contributed by atoms with Gasteiger partial charge in [0.15, 0.2) is 5.96 Å². The smallest absolute Gasteiger partial charge is 0.191 e. The van der Waals surface area contributed by atoms with Gasteiger partial charge in [0.2, 0.25) is 0 Å². The number of morpholine rings is 1. The third kappa shape index (κ3) is 5.60. The molecular weight excluding hydrogens is 348 g/mol. The maximum Gasteiger partial charge on any atom is 0.191 e. The minimum absolute atomic E-state index is 0.130. The second-order valence-electron chi connectivity index (χ2n) is 7.92. The van der Waals surface area contributed by atoms with E-state index in [2.05, 4.69) is 46.5 Å². The molecule has 1 aliphatic carbocycles. The molecule has 5 nitrogen and oxygen atoms in total. The lowest BCUT2D eigenvalue weighted by Gasteiger charge is -2.42. The summed E-state index contributed by atoms with van der Waals surface area (Å²) in [4.78, 5) is 6.87. The van der Waals surface area contributed by atoms with Crippen molar-refractivity contribution in [2.45, 2.75) is 38.3 Å². The molecule has 0 aromatic heterocycles. The van der Waals surface area contributed by atoms with Crippen molar-refractivity contribution in [1.29, 1.82) is 0 Å². The van der Waals surface area contributed by atoms with Gasteiger partial charge in [-0.15, -0.1) is 0 Å². The second kappa shape index (κ2) is 8.59. The predicted octanol–water partition coefficient (Wildman–Crippen LogP) is 3.07. The Labute approximate surface area is 162 Å². The molecule has 26 heavy (non-hydrogen) atoms. The summed E-state index contributed by atoms with van der Waals surface area (Å²) >= 11 is 6.10. The van der Waals surface area contributed by atoms with Gasteiger partial charge in [-0.3, -0.25) is 9.89 Å². The number of nitrogens with one attached hydrogen (secondary N) is 2. The Morgan fingerprint density at radius 1 is 1.31 bits per heavy atom. The zero-order valence-corrected chi connectivity index (χ0v) is 16.9. The van der Waals surface area contributed by atoms with Crippen LogP contribution in [0.3, 0.4) is 0 Å². The number of ether oxygens (including phenoxy) is 1. The van der Waals surface area contributed by atoms with Crippen molar-refractivity contribution in [3.63, 3.8) is 0 Å². The number of hydrogen-bond acceptors (Lipinski definition) is 3. The van der Waals surface area contributed by atoms with Crippen LogP contribution in [0.15, 0.2) is 29.3 Å². The molecule has 1 heterocycles. The Morgan fingerprint density at radius 2 is 2.04 bits per heavy atom. The highest BCUT2D eigenvalue weighted by atomic mass is 35.5. The van der Waals surface area contributed by atoms with Gasteiger partial charge in [0.25, 0.3) is 0 Å². The predicted molar refractivity (Wildman–Crippen MR) is 108 cm³/mol. The van der Waals surface area contributed by atoms with Gasteiger partial charge in [-0.05, 0) is 50.3 Å². The Morgan fingerprint density at radius 3 is 2.65 bits per heavy atom. The summed E-state index contributed by atoms with van der Waals surface area (Å²) in [5, 5.41) is 7.72. The molecule has 1 saturated carbocycles. The van der Waals surface area contributed by atoms with E-state index in [0.717, 1.165) is 49.7 Å². The Balaban J connectivity index is 1.68. The fourth-order valence-electron chi connectivity index (χ4n) is 3.44. The molecule has 2 fully saturated rings. The van der Waals surface area contributed by atoms with Crippen molar-refractivity contribution in [2.24, 2.45) is 10.9 Å². The molecule has 3 rings (SSSR count). The molecule has 1 aromatic carbocycles. The quantitative estimate of drug-likeness (QED) is 0.590. The molecule has 0 radical (unpaired) electrons. The van der Waals surface area contributed by atoms with E-state index >= 15 is 0 Å².